The zero-order valence-electron chi connectivity index (χ0n) is 10.9. The molecule has 0 spiro atoms. The zero-order chi connectivity index (χ0) is 13.3. The Morgan fingerprint density at radius 1 is 1.33 bits per heavy atom. The summed E-state index contributed by atoms with van der Waals surface area (Å²) in [7, 11) is 1.62. The fraction of sp³-hybridized carbons (Fsp3) is 0.357. The molecule has 0 aliphatic carbocycles. The van der Waals surface area contributed by atoms with E-state index in [4.69, 9.17) is 10.5 Å². The molecule has 0 atom stereocenters. The van der Waals surface area contributed by atoms with Crippen molar-refractivity contribution in [2.75, 3.05) is 7.11 Å². The summed E-state index contributed by atoms with van der Waals surface area (Å²) in [6, 6.07) is 7.45. The van der Waals surface area contributed by atoms with Crippen molar-refractivity contribution in [3.05, 3.63) is 40.2 Å². The third-order valence-corrected chi connectivity index (χ3v) is 2.77. The summed E-state index contributed by atoms with van der Waals surface area (Å²) in [5.41, 5.74) is 6.98. The fourth-order valence-corrected chi connectivity index (χ4v) is 1.98. The topological polar surface area (TPSA) is 68.1 Å². The van der Waals surface area contributed by atoms with Crippen molar-refractivity contribution in [1.82, 2.24) is 4.98 Å². The van der Waals surface area contributed by atoms with E-state index in [-0.39, 0.29) is 5.56 Å². The molecule has 0 aliphatic heterocycles. The van der Waals surface area contributed by atoms with Gasteiger partial charge < -0.3 is 15.5 Å². The summed E-state index contributed by atoms with van der Waals surface area (Å²) in [5.74, 6) is 0.771. The van der Waals surface area contributed by atoms with Crippen LogP contribution < -0.4 is 16.0 Å². The van der Waals surface area contributed by atoms with Crippen molar-refractivity contribution in [2.24, 2.45) is 5.73 Å². The summed E-state index contributed by atoms with van der Waals surface area (Å²) in [6.45, 7) is 3.81. The first-order chi connectivity index (χ1) is 8.39. The van der Waals surface area contributed by atoms with Gasteiger partial charge in [-0.25, -0.2) is 0 Å². The average molecular weight is 246 g/mol. The number of benzene rings is 1. The van der Waals surface area contributed by atoms with Gasteiger partial charge in [-0.1, -0.05) is 0 Å². The van der Waals surface area contributed by atoms with Gasteiger partial charge in [0.2, 0.25) is 0 Å². The van der Waals surface area contributed by atoms with Crippen molar-refractivity contribution < 1.29 is 4.74 Å². The molecule has 0 amide bonds. The van der Waals surface area contributed by atoms with Crippen LogP contribution in [0.15, 0.2) is 29.1 Å². The van der Waals surface area contributed by atoms with Crippen LogP contribution in [-0.4, -0.2) is 17.6 Å². The minimum absolute atomic E-state index is 0.0776. The van der Waals surface area contributed by atoms with Gasteiger partial charge in [0.1, 0.15) is 5.75 Å². The number of nitrogens with two attached hydrogens (primary N) is 1. The van der Waals surface area contributed by atoms with Crippen molar-refractivity contribution in [1.29, 1.82) is 0 Å². The van der Waals surface area contributed by atoms with Gasteiger partial charge in [-0.3, -0.25) is 4.79 Å². The number of H-pyrrole nitrogens is 1. The van der Waals surface area contributed by atoms with E-state index in [9.17, 15) is 4.79 Å². The second-order valence-corrected chi connectivity index (χ2v) is 5.24. The molecular formula is C14H18N2O2. The molecule has 4 heteroatoms. The van der Waals surface area contributed by atoms with Crippen LogP contribution in [0.3, 0.4) is 0 Å². The molecule has 2 aromatic rings. The summed E-state index contributed by atoms with van der Waals surface area (Å²) >= 11 is 0. The highest BCUT2D eigenvalue weighted by Crippen LogP contribution is 2.19. The molecule has 3 N–H and O–H groups in total. The Balaban J connectivity index is 2.55. The van der Waals surface area contributed by atoms with E-state index >= 15 is 0 Å². The molecule has 4 nitrogen and oxygen atoms in total. The smallest absolute Gasteiger partial charge is 0.251 e. The molecular weight excluding hydrogens is 228 g/mol. The summed E-state index contributed by atoms with van der Waals surface area (Å²) in [4.78, 5) is 14.8. The van der Waals surface area contributed by atoms with E-state index in [0.717, 1.165) is 16.7 Å². The average Bonchev–Trinajstić information content (AvgIpc) is 2.27. The lowest BCUT2D eigenvalue weighted by molar-refractivity contribution is 0.415. The Kier molecular flexibility index (Phi) is 3.13. The lowest BCUT2D eigenvalue weighted by Crippen LogP contribution is -2.36. The number of fused-ring (bicyclic) bond motifs is 1. The number of hydrogen-bond donors (Lipinski definition) is 2. The standard InChI is InChI=1S/C14H18N2O2/c1-14(2,15)8-10-6-9-7-11(18-3)4-5-12(9)16-13(10)17/h4-7H,8,15H2,1-3H3,(H,16,17). The van der Waals surface area contributed by atoms with E-state index in [2.05, 4.69) is 4.98 Å². The number of methoxy groups -OCH3 is 1. The minimum Gasteiger partial charge on any atom is -0.497 e. The number of rotatable bonds is 3. The molecule has 18 heavy (non-hydrogen) atoms. The predicted molar refractivity (Wildman–Crippen MR) is 73.1 cm³/mol. The molecule has 0 saturated heterocycles. The highest BCUT2D eigenvalue weighted by Gasteiger charge is 2.14. The monoisotopic (exact) mass is 246 g/mol. The molecule has 0 fully saturated rings. The Morgan fingerprint density at radius 2 is 2.06 bits per heavy atom. The van der Waals surface area contributed by atoms with Crippen LogP contribution in [0.2, 0.25) is 0 Å². The van der Waals surface area contributed by atoms with Crippen LogP contribution in [-0.2, 0) is 6.42 Å². The molecule has 0 unspecified atom stereocenters. The molecule has 1 aromatic heterocycles. The Hall–Kier alpha value is -1.81. The molecule has 0 saturated carbocycles. The number of aromatic nitrogens is 1. The summed E-state index contributed by atoms with van der Waals surface area (Å²) in [6.07, 6.45) is 0.537. The zero-order valence-corrected chi connectivity index (χ0v) is 10.9. The molecule has 0 aliphatic rings. The first-order valence-corrected chi connectivity index (χ1v) is 5.88. The maximum absolute atomic E-state index is 11.9. The largest absolute Gasteiger partial charge is 0.497 e. The number of hydrogen-bond acceptors (Lipinski definition) is 3. The third kappa shape index (κ3) is 2.71. The van der Waals surface area contributed by atoms with Gasteiger partial charge >= 0.3 is 0 Å². The quantitative estimate of drug-likeness (QED) is 0.868. The van der Waals surface area contributed by atoms with Crippen LogP contribution >= 0.6 is 0 Å². The molecule has 1 aromatic carbocycles. The summed E-state index contributed by atoms with van der Waals surface area (Å²) in [5, 5.41) is 0.952. The van der Waals surface area contributed by atoms with Crippen LogP contribution in [0, 0.1) is 0 Å². The van der Waals surface area contributed by atoms with Crippen LogP contribution in [0.5, 0.6) is 5.75 Å². The fourth-order valence-electron chi connectivity index (χ4n) is 1.98. The van der Waals surface area contributed by atoms with Gasteiger partial charge in [-0.15, -0.1) is 0 Å². The van der Waals surface area contributed by atoms with Crippen LogP contribution in [0.4, 0.5) is 0 Å². The second-order valence-electron chi connectivity index (χ2n) is 5.24. The van der Waals surface area contributed by atoms with Crippen molar-refractivity contribution in [3.63, 3.8) is 0 Å². The molecule has 0 radical (unpaired) electrons. The molecule has 2 rings (SSSR count). The molecule has 1 heterocycles. The number of pyridine rings is 1. The lowest BCUT2D eigenvalue weighted by Gasteiger charge is -2.17. The van der Waals surface area contributed by atoms with E-state index in [0.29, 0.717) is 12.0 Å². The summed E-state index contributed by atoms with van der Waals surface area (Å²) < 4.78 is 5.18. The van der Waals surface area contributed by atoms with E-state index < -0.39 is 5.54 Å². The Bertz CT molecular complexity index is 624. The third-order valence-electron chi connectivity index (χ3n) is 2.77. The van der Waals surface area contributed by atoms with E-state index in [1.165, 1.54) is 0 Å². The molecule has 96 valence electrons. The van der Waals surface area contributed by atoms with Crippen LogP contribution in [0.25, 0.3) is 10.9 Å². The van der Waals surface area contributed by atoms with Gasteiger partial charge in [0.05, 0.1) is 7.11 Å². The van der Waals surface area contributed by atoms with Gasteiger partial charge in [-0.05, 0) is 44.5 Å². The first-order valence-electron chi connectivity index (χ1n) is 5.88. The highest BCUT2D eigenvalue weighted by atomic mass is 16.5. The lowest BCUT2D eigenvalue weighted by atomic mass is 9.96. The van der Waals surface area contributed by atoms with Gasteiger partial charge in [0.25, 0.3) is 5.56 Å². The second kappa shape index (κ2) is 4.46. The maximum Gasteiger partial charge on any atom is 0.251 e. The Labute approximate surface area is 106 Å². The van der Waals surface area contributed by atoms with E-state index in [1.54, 1.807) is 7.11 Å². The van der Waals surface area contributed by atoms with Gasteiger partial charge in [0.15, 0.2) is 0 Å². The van der Waals surface area contributed by atoms with Gasteiger partial charge in [0, 0.05) is 22.0 Å². The number of ether oxygens (including phenoxy) is 1. The highest BCUT2D eigenvalue weighted by molar-refractivity contribution is 5.80. The first kappa shape index (κ1) is 12.6. The van der Waals surface area contributed by atoms with Crippen molar-refractivity contribution in [2.45, 2.75) is 25.8 Å². The number of aromatic amines is 1. The van der Waals surface area contributed by atoms with Crippen molar-refractivity contribution in [3.8, 4) is 5.75 Å². The SMILES string of the molecule is COc1ccc2[nH]c(=O)c(CC(C)(C)N)cc2c1. The van der Waals surface area contributed by atoms with E-state index in [1.807, 2.05) is 38.1 Å². The van der Waals surface area contributed by atoms with Gasteiger partial charge in [-0.2, -0.15) is 0 Å². The maximum atomic E-state index is 11.9. The molecule has 0 bridgehead atoms. The van der Waals surface area contributed by atoms with Crippen LogP contribution in [0.1, 0.15) is 19.4 Å². The van der Waals surface area contributed by atoms with Crippen molar-refractivity contribution >= 4 is 10.9 Å². The Morgan fingerprint density at radius 3 is 2.67 bits per heavy atom. The predicted octanol–water partition coefficient (Wildman–Crippen LogP) is 1.82. The number of nitrogens with one attached hydrogen (secondary N) is 1. The normalized spacial score (nSPS) is 11.8. The minimum atomic E-state index is -0.403.